The quantitative estimate of drug-likeness (QED) is 0.0971. The van der Waals surface area contributed by atoms with E-state index in [1.807, 2.05) is 5.32 Å². The molecule has 0 aliphatic carbocycles. The molecular weight excluding hydrogens is 468 g/mol. The maximum absolute atomic E-state index is 12.5. The first-order chi connectivity index (χ1) is 15.3. The molecule has 0 aromatic rings. The molecule has 0 saturated carbocycles. The first-order valence-electron chi connectivity index (χ1n) is 9.44. The summed E-state index contributed by atoms with van der Waals surface area (Å²) in [4.78, 5) is 80.4. The van der Waals surface area contributed by atoms with Gasteiger partial charge in [-0.3, -0.25) is 28.8 Å². The van der Waals surface area contributed by atoms with E-state index in [1.54, 1.807) is 0 Å². The minimum absolute atomic E-state index is 0.216. The molecule has 0 bridgehead atoms. The van der Waals surface area contributed by atoms with Crippen molar-refractivity contribution >= 4 is 54.2 Å². The number of thiol groups is 1. The maximum atomic E-state index is 12.5. The van der Waals surface area contributed by atoms with Crippen molar-refractivity contribution in [2.75, 3.05) is 5.75 Å². The smallest absolute Gasteiger partial charge is 0.326 e. The van der Waals surface area contributed by atoms with Crippen LogP contribution in [0.1, 0.15) is 32.1 Å². The molecule has 0 aromatic heterocycles. The number of carbonyl (C=O) groups is 7. The van der Waals surface area contributed by atoms with Gasteiger partial charge >= 0.3 is 23.9 Å². The molecule has 0 aliphatic heterocycles. The van der Waals surface area contributed by atoms with Gasteiger partial charge in [0.2, 0.25) is 17.7 Å². The van der Waals surface area contributed by atoms with E-state index in [9.17, 15) is 33.6 Å². The molecule has 0 radical (unpaired) electrons. The van der Waals surface area contributed by atoms with Gasteiger partial charge in [0.05, 0.1) is 12.5 Å². The molecule has 0 aliphatic rings. The van der Waals surface area contributed by atoms with Crippen molar-refractivity contribution in [3.63, 3.8) is 0 Å². The number of nitrogens with two attached hydrogens (primary N) is 1. The molecule has 4 unspecified atom stereocenters. The Labute approximate surface area is 192 Å². The molecule has 0 spiro atoms. The van der Waals surface area contributed by atoms with E-state index in [0.29, 0.717) is 0 Å². The Kier molecular flexibility index (Phi) is 13.1. The van der Waals surface area contributed by atoms with Crippen LogP contribution in [0, 0.1) is 0 Å². The van der Waals surface area contributed by atoms with Gasteiger partial charge in [0.15, 0.2) is 0 Å². The molecule has 0 rings (SSSR count). The van der Waals surface area contributed by atoms with E-state index in [4.69, 9.17) is 26.2 Å². The second-order valence-electron chi connectivity index (χ2n) is 6.77. The molecule has 0 aromatic carbocycles. The Hall–Kier alpha value is -3.40. The highest BCUT2D eigenvalue weighted by molar-refractivity contribution is 7.80. The number of hydrogen-bond donors (Lipinski definition) is 9. The SMILES string of the molecule is NC(CCC(=O)O)C(=O)NC(CS)C(=O)NC(CCC(=O)O)C(=O)NC(CC(=O)O)C(=O)O. The van der Waals surface area contributed by atoms with Gasteiger partial charge in [-0.1, -0.05) is 0 Å². The van der Waals surface area contributed by atoms with Crippen molar-refractivity contribution in [2.45, 2.75) is 56.3 Å². The molecule has 0 fully saturated rings. The summed E-state index contributed by atoms with van der Waals surface area (Å²) in [6, 6.07) is -6.03. The van der Waals surface area contributed by atoms with Crippen LogP contribution in [0.5, 0.6) is 0 Å². The van der Waals surface area contributed by atoms with Gasteiger partial charge in [0, 0.05) is 18.6 Å². The molecule has 0 heterocycles. The van der Waals surface area contributed by atoms with Gasteiger partial charge in [0.25, 0.3) is 0 Å². The number of carbonyl (C=O) groups excluding carboxylic acids is 3. The van der Waals surface area contributed by atoms with Crippen LogP contribution in [0.3, 0.4) is 0 Å². The molecule has 186 valence electrons. The lowest BCUT2D eigenvalue weighted by atomic mass is 10.1. The van der Waals surface area contributed by atoms with E-state index in [0.717, 1.165) is 0 Å². The fourth-order valence-corrected chi connectivity index (χ4v) is 2.60. The maximum Gasteiger partial charge on any atom is 0.326 e. The molecule has 3 amide bonds. The van der Waals surface area contributed by atoms with Crippen LogP contribution in [-0.4, -0.2) is 91.9 Å². The number of rotatable bonds is 16. The number of aliphatic carboxylic acids is 4. The second-order valence-corrected chi connectivity index (χ2v) is 7.14. The molecular formula is C17H26N4O11S. The summed E-state index contributed by atoms with van der Waals surface area (Å²) >= 11 is 3.91. The van der Waals surface area contributed by atoms with Crippen LogP contribution in [-0.2, 0) is 33.6 Å². The van der Waals surface area contributed by atoms with Crippen molar-refractivity contribution in [2.24, 2.45) is 5.73 Å². The van der Waals surface area contributed by atoms with Crippen LogP contribution >= 0.6 is 12.6 Å². The Morgan fingerprint density at radius 1 is 0.667 bits per heavy atom. The first kappa shape index (κ1) is 29.6. The summed E-state index contributed by atoms with van der Waals surface area (Å²) in [5.41, 5.74) is 5.56. The highest BCUT2D eigenvalue weighted by Crippen LogP contribution is 2.03. The zero-order valence-corrected chi connectivity index (χ0v) is 18.1. The van der Waals surface area contributed by atoms with E-state index in [2.05, 4.69) is 23.3 Å². The zero-order valence-electron chi connectivity index (χ0n) is 17.2. The molecule has 0 saturated heterocycles. The predicted molar refractivity (Wildman–Crippen MR) is 111 cm³/mol. The summed E-state index contributed by atoms with van der Waals surface area (Å²) in [6.07, 6.45) is -2.66. The lowest BCUT2D eigenvalue weighted by Crippen LogP contribution is -2.57. The average Bonchev–Trinajstić information content (AvgIpc) is 2.71. The van der Waals surface area contributed by atoms with Crippen molar-refractivity contribution in [1.29, 1.82) is 0 Å². The highest BCUT2D eigenvalue weighted by atomic mass is 32.1. The van der Waals surface area contributed by atoms with E-state index < -0.39 is 91.4 Å². The van der Waals surface area contributed by atoms with Crippen molar-refractivity contribution in [3.05, 3.63) is 0 Å². The third kappa shape index (κ3) is 12.3. The normalized spacial score (nSPS) is 14.1. The van der Waals surface area contributed by atoms with Gasteiger partial charge in [-0.05, 0) is 12.8 Å². The first-order valence-corrected chi connectivity index (χ1v) is 10.1. The topological polar surface area (TPSA) is 263 Å². The summed E-state index contributed by atoms with van der Waals surface area (Å²) in [7, 11) is 0. The third-order valence-electron chi connectivity index (χ3n) is 4.09. The lowest BCUT2D eigenvalue weighted by molar-refractivity contribution is -0.147. The van der Waals surface area contributed by atoms with Crippen LogP contribution in [0.4, 0.5) is 0 Å². The third-order valence-corrected chi connectivity index (χ3v) is 4.46. The Morgan fingerprint density at radius 3 is 1.58 bits per heavy atom. The summed E-state index contributed by atoms with van der Waals surface area (Å²) in [5, 5.41) is 41.6. The molecule has 9 N–H and O–H groups in total. The van der Waals surface area contributed by atoms with Gasteiger partial charge < -0.3 is 42.1 Å². The average molecular weight is 494 g/mol. The number of carboxylic acids is 4. The summed E-state index contributed by atoms with van der Waals surface area (Å²) in [6.45, 7) is 0. The lowest BCUT2D eigenvalue weighted by Gasteiger charge is -2.24. The van der Waals surface area contributed by atoms with Crippen LogP contribution in [0.25, 0.3) is 0 Å². The van der Waals surface area contributed by atoms with Crippen molar-refractivity contribution in [1.82, 2.24) is 16.0 Å². The number of amides is 3. The Bertz CT molecular complexity index is 776. The Balaban J connectivity index is 5.32. The standard InChI is InChI=1S/C17H26N4O11S/c18-7(1-3-11(22)23)14(28)21-10(6-33)16(30)19-8(2-4-12(24)25)15(29)20-9(17(31)32)5-13(26)27/h7-10,33H,1-6,18H2,(H,19,30)(H,20,29)(H,21,28)(H,22,23)(H,24,25)(H,26,27)(H,31,32). The summed E-state index contributed by atoms with van der Waals surface area (Å²) in [5.74, 6) is -8.99. The largest absolute Gasteiger partial charge is 0.481 e. The van der Waals surface area contributed by atoms with Crippen LogP contribution in [0.2, 0.25) is 0 Å². The minimum Gasteiger partial charge on any atom is -0.481 e. The number of nitrogens with one attached hydrogen (secondary N) is 3. The molecule has 4 atom stereocenters. The van der Waals surface area contributed by atoms with E-state index in [-0.39, 0.29) is 12.2 Å². The fourth-order valence-electron chi connectivity index (χ4n) is 2.34. The van der Waals surface area contributed by atoms with Crippen LogP contribution in [0.15, 0.2) is 0 Å². The predicted octanol–water partition coefficient (Wildman–Crippen LogP) is -3.01. The van der Waals surface area contributed by atoms with E-state index in [1.165, 1.54) is 0 Å². The van der Waals surface area contributed by atoms with Gasteiger partial charge in [-0.25, -0.2) is 4.79 Å². The van der Waals surface area contributed by atoms with Gasteiger partial charge in [0.1, 0.15) is 18.1 Å². The number of carboxylic acid groups (broad SMARTS) is 4. The zero-order chi connectivity index (χ0) is 25.7. The van der Waals surface area contributed by atoms with Crippen molar-refractivity contribution < 1.29 is 54.0 Å². The monoisotopic (exact) mass is 494 g/mol. The molecule has 33 heavy (non-hydrogen) atoms. The Morgan fingerprint density at radius 2 is 1.12 bits per heavy atom. The fraction of sp³-hybridized carbons (Fsp3) is 0.588. The van der Waals surface area contributed by atoms with E-state index >= 15 is 0 Å². The van der Waals surface area contributed by atoms with Crippen LogP contribution < -0.4 is 21.7 Å². The molecule has 16 heteroatoms. The molecule has 15 nitrogen and oxygen atoms in total. The summed E-state index contributed by atoms with van der Waals surface area (Å²) < 4.78 is 0. The number of hydrogen-bond acceptors (Lipinski definition) is 9. The van der Waals surface area contributed by atoms with Gasteiger partial charge in [-0.15, -0.1) is 0 Å². The van der Waals surface area contributed by atoms with Gasteiger partial charge in [-0.2, -0.15) is 12.6 Å². The minimum atomic E-state index is -1.84. The highest BCUT2D eigenvalue weighted by Gasteiger charge is 2.31. The second kappa shape index (κ2) is 14.6. The van der Waals surface area contributed by atoms with Crippen molar-refractivity contribution in [3.8, 4) is 0 Å².